The molecule has 8 heteroatoms. The first-order valence-corrected chi connectivity index (χ1v) is 10.9. The van der Waals surface area contributed by atoms with Crippen molar-refractivity contribution in [2.45, 2.75) is 25.9 Å². The van der Waals surface area contributed by atoms with E-state index >= 15 is 0 Å². The van der Waals surface area contributed by atoms with Gasteiger partial charge in [0.1, 0.15) is 11.3 Å². The highest BCUT2D eigenvalue weighted by Crippen LogP contribution is 2.37. The number of anilines is 1. The van der Waals surface area contributed by atoms with E-state index in [9.17, 15) is 4.79 Å². The van der Waals surface area contributed by atoms with Gasteiger partial charge in [0.2, 0.25) is 6.79 Å². The van der Waals surface area contributed by atoms with E-state index in [2.05, 4.69) is 0 Å². The Morgan fingerprint density at radius 2 is 2.17 bits per heavy atom. The highest BCUT2D eigenvalue weighted by Gasteiger charge is 2.28. The molecule has 0 N–H and O–H groups in total. The predicted molar refractivity (Wildman–Crippen MR) is 114 cm³/mol. The maximum Gasteiger partial charge on any atom is 0.260 e. The quantitative estimate of drug-likeness (QED) is 0.587. The first kappa shape index (κ1) is 19.1. The third-order valence-corrected chi connectivity index (χ3v) is 6.22. The lowest BCUT2D eigenvalue weighted by Crippen LogP contribution is -2.37. The summed E-state index contributed by atoms with van der Waals surface area (Å²) in [5, 5.41) is 0.635. The van der Waals surface area contributed by atoms with Gasteiger partial charge in [-0.3, -0.25) is 9.69 Å². The fourth-order valence-corrected chi connectivity index (χ4v) is 4.72. The molecular formula is C22H22N2O5S. The van der Waals surface area contributed by atoms with Gasteiger partial charge in [-0.2, -0.15) is 0 Å². The van der Waals surface area contributed by atoms with Crippen molar-refractivity contribution in [3.63, 3.8) is 0 Å². The van der Waals surface area contributed by atoms with E-state index in [4.69, 9.17) is 23.9 Å². The van der Waals surface area contributed by atoms with Gasteiger partial charge >= 0.3 is 0 Å². The van der Waals surface area contributed by atoms with E-state index in [1.807, 2.05) is 25.1 Å². The minimum absolute atomic E-state index is 0.00124. The molecule has 30 heavy (non-hydrogen) atoms. The van der Waals surface area contributed by atoms with Crippen LogP contribution in [-0.4, -0.2) is 43.5 Å². The van der Waals surface area contributed by atoms with Crippen molar-refractivity contribution in [3.8, 4) is 17.2 Å². The van der Waals surface area contributed by atoms with Gasteiger partial charge in [-0.1, -0.05) is 17.4 Å². The molecule has 1 aromatic heterocycles. The molecule has 0 radical (unpaired) electrons. The van der Waals surface area contributed by atoms with E-state index in [1.165, 1.54) is 11.3 Å². The minimum Gasteiger partial charge on any atom is -0.492 e. The molecule has 2 aliphatic heterocycles. The van der Waals surface area contributed by atoms with Crippen LogP contribution >= 0.6 is 11.3 Å². The predicted octanol–water partition coefficient (Wildman–Crippen LogP) is 4.25. The van der Waals surface area contributed by atoms with Gasteiger partial charge in [0.25, 0.3) is 5.91 Å². The summed E-state index contributed by atoms with van der Waals surface area (Å²) in [5.41, 5.74) is 1.30. The van der Waals surface area contributed by atoms with Crippen LogP contribution < -0.4 is 19.1 Å². The van der Waals surface area contributed by atoms with Crippen molar-refractivity contribution in [1.82, 2.24) is 4.98 Å². The summed E-state index contributed by atoms with van der Waals surface area (Å²) in [5.74, 6) is 1.82. The van der Waals surface area contributed by atoms with Gasteiger partial charge in [-0.25, -0.2) is 4.98 Å². The second-order valence-corrected chi connectivity index (χ2v) is 8.16. The van der Waals surface area contributed by atoms with Crippen molar-refractivity contribution in [3.05, 3.63) is 42.0 Å². The Morgan fingerprint density at radius 1 is 1.27 bits per heavy atom. The largest absolute Gasteiger partial charge is 0.492 e. The lowest BCUT2D eigenvalue weighted by atomic mass is 10.1. The van der Waals surface area contributed by atoms with Gasteiger partial charge in [-0.15, -0.1) is 0 Å². The SMILES string of the molecule is CCOc1cccc2sc(N(CC3CCCO3)C(=O)c3ccc4c(c3)OCO4)nc12. The number of hydrogen-bond donors (Lipinski definition) is 0. The average Bonchev–Trinajstić information content (AvgIpc) is 3.51. The van der Waals surface area contributed by atoms with Crippen molar-refractivity contribution >= 4 is 32.6 Å². The zero-order chi connectivity index (χ0) is 20.5. The number of amides is 1. The lowest BCUT2D eigenvalue weighted by molar-refractivity contribution is 0.0917. The number of thiazole rings is 1. The molecule has 7 nitrogen and oxygen atoms in total. The first-order valence-electron chi connectivity index (χ1n) is 10.1. The monoisotopic (exact) mass is 426 g/mol. The third kappa shape index (κ3) is 3.57. The number of rotatable bonds is 6. The Balaban J connectivity index is 1.52. The summed E-state index contributed by atoms with van der Waals surface area (Å²) in [4.78, 5) is 20.0. The number of aromatic nitrogens is 1. The summed E-state index contributed by atoms with van der Waals surface area (Å²) in [6.45, 7) is 3.85. The van der Waals surface area contributed by atoms with Gasteiger partial charge in [0.15, 0.2) is 16.6 Å². The van der Waals surface area contributed by atoms with Crippen molar-refractivity contribution in [2.75, 3.05) is 31.5 Å². The fraction of sp³-hybridized carbons (Fsp3) is 0.364. The second-order valence-electron chi connectivity index (χ2n) is 7.15. The molecule has 1 amide bonds. The Morgan fingerprint density at radius 3 is 3.00 bits per heavy atom. The van der Waals surface area contributed by atoms with Crippen LogP contribution in [0.5, 0.6) is 17.2 Å². The maximum atomic E-state index is 13.5. The van der Waals surface area contributed by atoms with E-state index < -0.39 is 0 Å². The summed E-state index contributed by atoms with van der Waals surface area (Å²) >= 11 is 1.48. The molecule has 1 atom stereocenters. The second kappa shape index (κ2) is 8.12. The summed E-state index contributed by atoms with van der Waals surface area (Å²) in [6.07, 6.45) is 1.94. The van der Waals surface area contributed by atoms with Crippen LogP contribution in [0, 0.1) is 0 Å². The van der Waals surface area contributed by atoms with E-state index in [1.54, 1.807) is 23.1 Å². The van der Waals surface area contributed by atoms with Crippen LogP contribution in [0.1, 0.15) is 30.1 Å². The Bertz CT molecular complexity index is 1080. The minimum atomic E-state index is -0.138. The molecule has 0 aliphatic carbocycles. The van der Waals surface area contributed by atoms with Gasteiger partial charge < -0.3 is 18.9 Å². The van der Waals surface area contributed by atoms with Gasteiger partial charge in [0, 0.05) is 12.2 Å². The van der Waals surface area contributed by atoms with Crippen LogP contribution in [0.15, 0.2) is 36.4 Å². The van der Waals surface area contributed by atoms with Crippen LogP contribution in [0.25, 0.3) is 10.2 Å². The Kier molecular flexibility index (Phi) is 5.18. The average molecular weight is 426 g/mol. The number of carbonyl (C=O) groups is 1. The van der Waals surface area contributed by atoms with E-state index in [0.717, 1.165) is 35.4 Å². The Labute approximate surface area is 178 Å². The highest BCUT2D eigenvalue weighted by atomic mass is 32.1. The summed E-state index contributed by atoms with van der Waals surface area (Å²) in [7, 11) is 0. The molecule has 0 spiro atoms. The van der Waals surface area contributed by atoms with Crippen LogP contribution in [0.4, 0.5) is 5.13 Å². The number of nitrogens with zero attached hydrogens (tertiary/aromatic N) is 2. The van der Waals surface area contributed by atoms with Crippen molar-refractivity contribution in [2.24, 2.45) is 0 Å². The zero-order valence-electron chi connectivity index (χ0n) is 16.6. The van der Waals surface area contributed by atoms with Crippen LogP contribution in [-0.2, 0) is 4.74 Å². The molecule has 3 heterocycles. The maximum absolute atomic E-state index is 13.5. The number of benzene rings is 2. The molecule has 5 rings (SSSR count). The molecule has 2 aliphatic rings. The van der Waals surface area contributed by atoms with Gasteiger partial charge in [-0.05, 0) is 50.1 Å². The smallest absolute Gasteiger partial charge is 0.260 e. The summed E-state index contributed by atoms with van der Waals surface area (Å²) < 4.78 is 23.3. The number of fused-ring (bicyclic) bond motifs is 2. The normalized spacial score (nSPS) is 17.4. The molecule has 2 aromatic carbocycles. The molecule has 1 unspecified atom stereocenters. The van der Waals surface area contributed by atoms with Crippen LogP contribution in [0.3, 0.4) is 0 Å². The lowest BCUT2D eigenvalue weighted by Gasteiger charge is -2.23. The standard InChI is InChI=1S/C22H22N2O5S/c1-2-26-17-6-3-7-19-20(17)23-22(30-19)24(12-15-5-4-10-27-15)21(25)14-8-9-16-18(11-14)29-13-28-16/h3,6-9,11,15H,2,4-5,10,12-13H2,1H3. The molecule has 1 saturated heterocycles. The molecule has 1 fully saturated rings. The molecule has 156 valence electrons. The first-order chi connectivity index (χ1) is 14.7. The highest BCUT2D eigenvalue weighted by molar-refractivity contribution is 7.22. The number of ether oxygens (including phenoxy) is 4. The van der Waals surface area contributed by atoms with Crippen LogP contribution in [0.2, 0.25) is 0 Å². The van der Waals surface area contributed by atoms with E-state index in [-0.39, 0.29) is 18.8 Å². The summed E-state index contributed by atoms with van der Waals surface area (Å²) in [6, 6.07) is 11.1. The van der Waals surface area contributed by atoms with Crippen molar-refractivity contribution in [1.29, 1.82) is 0 Å². The molecule has 0 bridgehead atoms. The van der Waals surface area contributed by atoms with Crippen molar-refractivity contribution < 1.29 is 23.7 Å². The van der Waals surface area contributed by atoms with E-state index in [0.29, 0.717) is 35.3 Å². The van der Waals surface area contributed by atoms with Gasteiger partial charge in [0.05, 0.1) is 24.0 Å². The zero-order valence-corrected chi connectivity index (χ0v) is 17.4. The molecule has 3 aromatic rings. The number of carbonyl (C=O) groups excluding carboxylic acids is 1. The topological polar surface area (TPSA) is 70.1 Å². The third-order valence-electron chi connectivity index (χ3n) is 5.18. The molecular weight excluding hydrogens is 404 g/mol. The molecule has 0 saturated carbocycles. The number of para-hydroxylation sites is 1. The number of hydrogen-bond acceptors (Lipinski definition) is 7. The fourth-order valence-electron chi connectivity index (χ4n) is 3.72. The Hall–Kier alpha value is -2.84.